The summed E-state index contributed by atoms with van der Waals surface area (Å²) in [6.07, 6.45) is 3.60. The Morgan fingerprint density at radius 3 is 2.59 bits per heavy atom. The minimum Gasteiger partial charge on any atom is -0.369 e. The van der Waals surface area contributed by atoms with Gasteiger partial charge in [-0.15, -0.1) is 0 Å². The molecule has 2 N–H and O–H groups in total. The van der Waals surface area contributed by atoms with Crippen LogP contribution in [0, 0.1) is 0 Å². The van der Waals surface area contributed by atoms with Crippen molar-refractivity contribution in [1.29, 1.82) is 0 Å². The summed E-state index contributed by atoms with van der Waals surface area (Å²) in [5.74, 6) is 0.522. The number of piperidine rings is 1. The second kappa shape index (κ2) is 5.61. The Morgan fingerprint density at radius 2 is 1.88 bits per heavy atom. The van der Waals surface area contributed by atoms with Gasteiger partial charge in [-0.1, -0.05) is 29.3 Å². The highest BCUT2D eigenvalue weighted by Crippen LogP contribution is 2.31. The van der Waals surface area contributed by atoms with Gasteiger partial charge in [-0.05, 0) is 31.4 Å². The van der Waals surface area contributed by atoms with Crippen molar-refractivity contribution in [3.8, 4) is 0 Å². The molecular formula is C12H15Cl2N3. The van der Waals surface area contributed by atoms with Gasteiger partial charge in [0.15, 0.2) is 5.96 Å². The summed E-state index contributed by atoms with van der Waals surface area (Å²) in [7, 11) is 0. The Hall–Kier alpha value is -0.930. The molecule has 0 unspecified atom stereocenters. The van der Waals surface area contributed by atoms with E-state index in [0.29, 0.717) is 21.7 Å². The van der Waals surface area contributed by atoms with Crippen molar-refractivity contribution in [1.82, 2.24) is 4.90 Å². The van der Waals surface area contributed by atoms with Crippen molar-refractivity contribution >= 4 is 34.8 Å². The van der Waals surface area contributed by atoms with E-state index in [1.54, 1.807) is 6.07 Å². The number of nitrogens with two attached hydrogens (primary N) is 1. The van der Waals surface area contributed by atoms with Crippen LogP contribution in [0.1, 0.15) is 19.3 Å². The van der Waals surface area contributed by atoms with E-state index in [4.69, 9.17) is 28.9 Å². The minimum absolute atomic E-state index is 0.453. The highest BCUT2D eigenvalue weighted by atomic mass is 35.5. The normalized spacial score (nSPS) is 17.3. The van der Waals surface area contributed by atoms with Crippen molar-refractivity contribution in [3.05, 3.63) is 28.2 Å². The SMILES string of the molecule is NC(=Nc1cccc(Cl)c1Cl)N1CCCCC1. The molecule has 3 nitrogen and oxygen atoms in total. The van der Waals surface area contributed by atoms with Crippen LogP contribution in [0.25, 0.3) is 0 Å². The van der Waals surface area contributed by atoms with E-state index in [9.17, 15) is 0 Å². The topological polar surface area (TPSA) is 41.6 Å². The van der Waals surface area contributed by atoms with Crippen LogP contribution in [0.4, 0.5) is 5.69 Å². The molecule has 1 aliphatic heterocycles. The molecule has 0 aromatic heterocycles. The van der Waals surface area contributed by atoms with Gasteiger partial charge in [0.1, 0.15) is 0 Å². The fourth-order valence-corrected chi connectivity index (χ4v) is 2.23. The Morgan fingerprint density at radius 1 is 1.18 bits per heavy atom. The zero-order valence-corrected chi connectivity index (χ0v) is 11.0. The molecule has 1 saturated heterocycles. The van der Waals surface area contributed by atoms with Crippen LogP contribution in [-0.4, -0.2) is 23.9 Å². The first-order valence-electron chi connectivity index (χ1n) is 5.71. The lowest BCUT2D eigenvalue weighted by molar-refractivity contribution is 0.339. The maximum atomic E-state index is 6.06. The lowest BCUT2D eigenvalue weighted by atomic mass is 10.1. The van der Waals surface area contributed by atoms with Crippen molar-refractivity contribution in [3.63, 3.8) is 0 Å². The molecule has 1 aliphatic rings. The molecule has 0 spiro atoms. The fraction of sp³-hybridized carbons (Fsp3) is 0.417. The first-order valence-corrected chi connectivity index (χ1v) is 6.47. The average Bonchev–Trinajstić information content (AvgIpc) is 2.36. The molecule has 5 heteroatoms. The van der Waals surface area contributed by atoms with E-state index in [1.165, 1.54) is 19.3 Å². The fourth-order valence-electron chi connectivity index (χ4n) is 1.90. The molecule has 1 aromatic rings. The van der Waals surface area contributed by atoms with Gasteiger partial charge in [0.2, 0.25) is 0 Å². The third-order valence-corrected chi connectivity index (χ3v) is 3.66. The second-order valence-electron chi connectivity index (χ2n) is 4.09. The Bertz CT molecular complexity index is 426. The molecular weight excluding hydrogens is 257 g/mol. The number of aliphatic imine (C=N–C) groups is 1. The molecule has 1 heterocycles. The zero-order valence-electron chi connectivity index (χ0n) is 9.50. The largest absolute Gasteiger partial charge is 0.369 e. The van der Waals surface area contributed by atoms with Gasteiger partial charge in [0.05, 0.1) is 15.7 Å². The third-order valence-electron chi connectivity index (χ3n) is 2.85. The predicted octanol–water partition coefficient (Wildman–Crippen LogP) is 3.43. The Labute approximate surface area is 111 Å². The quantitative estimate of drug-likeness (QED) is 0.628. The van der Waals surface area contributed by atoms with E-state index >= 15 is 0 Å². The van der Waals surface area contributed by atoms with E-state index in [2.05, 4.69) is 9.89 Å². The molecule has 1 aromatic carbocycles. The number of guanidine groups is 1. The van der Waals surface area contributed by atoms with E-state index in [0.717, 1.165) is 13.1 Å². The zero-order chi connectivity index (χ0) is 12.3. The van der Waals surface area contributed by atoms with E-state index in [-0.39, 0.29) is 0 Å². The summed E-state index contributed by atoms with van der Waals surface area (Å²) in [5.41, 5.74) is 6.60. The second-order valence-corrected chi connectivity index (χ2v) is 4.88. The Balaban J connectivity index is 2.19. The molecule has 0 amide bonds. The number of benzene rings is 1. The van der Waals surface area contributed by atoms with Crippen LogP contribution in [-0.2, 0) is 0 Å². The van der Waals surface area contributed by atoms with Crippen LogP contribution in [0.2, 0.25) is 10.0 Å². The number of likely N-dealkylation sites (tertiary alicyclic amines) is 1. The van der Waals surface area contributed by atoms with Gasteiger partial charge in [-0.3, -0.25) is 0 Å². The lowest BCUT2D eigenvalue weighted by Gasteiger charge is -2.27. The molecule has 0 radical (unpaired) electrons. The molecule has 2 rings (SSSR count). The van der Waals surface area contributed by atoms with Crippen molar-refractivity contribution < 1.29 is 0 Å². The number of rotatable bonds is 1. The third kappa shape index (κ3) is 3.05. The van der Waals surface area contributed by atoms with Gasteiger partial charge >= 0.3 is 0 Å². The number of hydrogen-bond donors (Lipinski definition) is 1. The first-order chi connectivity index (χ1) is 8.18. The van der Waals surface area contributed by atoms with Gasteiger partial charge in [0.25, 0.3) is 0 Å². The molecule has 0 bridgehead atoms. The number of nitrogens with zero attached hydrogens (tertiary/aromatic N) is 2. The van der Waals surface area contributed by atoms with Gasteiger partial charge in [0, 0.05) is 13.1 Å². The molecule has 0 aliphatic carbocycles. The summed E-state index contributed by atoms with van der Waals surface area (Å²) in [6.45, 7) is 1.93. The predicted molar refractivity (Wildman–Crippen MR) is 73.2 cm³/mol. The van der Waals surface area contributed by atoms with E-state index in [1.807, 2.05) is 12.1 Å². The molecule has 0 saturated carbocycles. The highest BCUT2D eigenvalue weighted by molar-refractivity contribution is 6.43. The highest BCUT2D eigenvalue weighted by Gasteiger charge is 2.12. The average molecular weight is 272 g/mol. The smallest absolute Gasteiger partial charge is 0.196 e. The van der Waals surface area contributed by atoms with Crippen LogP contribution in [0.3, 0.4) is 0 Å². The number of hydrogen-bond acceptors (Lipinski definition) is 1. The standard InChI is InChI=1S/C12H15Cl2N3/c13-9-5-4-6-10(11(9)14)16-12(15)17-7-2-1-3-8-17/h4-6H,1-3,7-8H2,(H2,15,16). The van der Waals surface area contributed by atoms with Crippen molar-refractivity contribution in [2.45, 2.75) is 19.3 Å². The van der Waals surface area contributed by atoms with Gasteiger partial charge < -0.3 is 10.6 Å². The van der Waals surface area contributed by atoms with Crippen molar-refractivity contribution in [2.24, 2.45) is 10.7 Å². The summed E-state index contributed by atoms with van der Waals surface area (Å²) in [5, 5.41) is 0.952. The maximum Gasteiger partial charge on any atom is 0.196 e. The molecule has 0 atom stereocenters. The van der Waals surface area contributed by atoms with Crippen LogP contribution >= 0.6 is 23.2 Å². The summed E-state index contributed by atoms with van der Waals surface area (Å²) in [4.78, 5) is 6.43. The first kappa shape index (κ1) is 12.5. The molecule has 17 heavy (non-hydrogen) atoms. The van der Waals surface area contributed by atoms with Gasteiger partial charge in [-0.25, -0.2) is 4.99 Å². The maximum absolute atomic E-state index is 6.06. The lowest BCUT2D eigenvalue weighted by Crippen LogP contribution is -2.40. The Kier molecular flexibility index (Phi) is 4.13. The van der Waals surface area contributed by atoms with Gasteiger partial charge in [-0.2, -0.15) is 0 Å². The van der Waals surface area contributed by atoms with Crippen LogP contribution in [0.15, 0.2) is 23.2 Å². The molecule has 1 fully saturated rings. The monoisotopic (exact) mass is 271 g/mol. The summed E-state index contributed by atoms with van der Waals surface area (Å²) in [6, 6.07) is 5.36. The number of halogens is 2. The van der Waals surface area contributed by atoms with Crippen LogP contribution in [0.5, 0.6) is 0 Å². The van der Waals surface area contributed by atoms with E-state index < -0.39 is 0 Å². The summed E-state index contributed by atoms with van der Waals surface area (Å²) < 4.78 is 0. The molecule has 92 valence electrons. The minimum atomic E-state index is 0.453. The van der Waals surface area contributed by atoms with Crippen LogP contribution < -0.4 is 5.73 Å². The van der Waals surface area contributed by atoms with Crippen molar-refractivity contribution in [2.75, 3.05) is 13.1 Å². The summed E-state index contributed by atoms with van der Waals surface area (Å²) >= 11 is 12.0.